The maximum absolute atomic E-state index is 11.7. The van der Waals surface area contributed by atoms with Crippen LogP contribution in [0.1, 0.15) is 38.2 Å². The predicted molar refractivity (Wildman–Crippen MR) is 91.1 cm³/mol. The Balaban J connectivity index is 2.31. The van der Waals surface area contributed by atoms with Crippen molar-refractivity contribution < 1.29 is 19.0 Å². The molecular weight excluding hydrogens is 330 g/mol. The van der Waals surface area contributed by atoms with Crippen LogP contribution in [0.15, 0.2) is 17.7 Å². The summed E-state index contributed by atoms with van der Waals surface area (Å²) in [6, 6.07) is 5.14. The smallest absolute Gasteiger partial charge is 0.348 e. The molecule has 2 rings (SSSR count). The fourth-order valence-electron chi connectivity index (χ4n) is 2.60. The third kappa shape index (κ3) is 4.42. The number of carbonyl (C=O) groups is 1. The Kier molecular flexibility index (Phi) is 6.51. The van der Waals surface area contributed by atoms with Crippen molar-refractivity contribution in [2.45, 2.75) is 38.7 Å². The van der Waals surface area contributed by atoms with Gasteiger partial charge in [0.05, 0.1) is 24.8 Å². The second-order valence-electron chi connectivity index (χ2n) is 5.44. The number of hydrogen-bond acceptors (Lipinski definition) is 5. The molecule has 0 aromatic heterocycles. The largest absolute Gasteiger partial charge is 0.493 e. The normalized spacial score (nSPS) is 15.0. The summed E-state index contributed by atoms with van der Waals surface area (Å²) in [5, 5.41) is 9.50. The molecule has 0 radical (unpaired) electrons. The molecule has 0 unspecified atom stereocenters. The lowest BCUT2D eigenvalue weighted by molar-refractivity contribution is -0.137. The number of nitriles is 1. The van der Waals surface area contributed by atoms with Gasteiger partial charge in [-0.3, -0.25) is 0 Å². The zero-order valence-corrected chi connectivity index (χ0v) is 14.6. The van der Waals surface area contributed by atoms with Crippen molar-refractivity contribution >= 4 is 23.6 Å². The maximum atomic E-state index is 11.7. The molecule has 0 saturated heterocycles. The van der Waals surface area contributed by atoms with Gasteiger partial charge in [0, 0.05) is 6.07 Å². The molecule has 0 bridgehead atoms. The van der Waals surface area contributed by atoms with Crippen LogP contribution in [0.5, 0.6) is 11.5 Å². The fourth-order valence-corrected chi connectivity index (χ4v) is 2.81. The summed E-state index contributed by atoms with van der Waals surface area (Å²) in [6.07, 6.45) is 5.92. The number of methoxy groups -OCH3 is 1. The maximum Gasteiger partial charge on any atom is 0.348 e. The summed E-state index contributed by atoms with van der Waals surface area (Å²) in [5.74, 6) is 0.404. The van der Waals surface area contributed by atoms with Crippen molar-refractivity contribution in [1.82, 2.24) is 0 Å². The van der Waals surface area contributed by atoms with E-state index in [-0.39, 0.29) is 18.3 Å². The van der Waals surface area contributed by atoms with Gasteiger partial charge in [0.25, 0.3) is 0 Å². The lowest BCUT2D eigenvalue weighted by Crippen LogP contribution is -2.11. The van der Waals surface area contributed by atoms with Crippen LogP contribution in [0, 0.1) is 11.3 Å². The van der Waals surface area contributed by atoms with E-state index >= 15 is 0 Å². The molecule has 1 fully saturated rings. The Labute approximate surface area is 146 Å². The van der Waals surface area contributed by atoms with Crippen LogP contribution in [0.3, 0.4) is 0 Å². The van der Waals surface area contributed by atoms with Gasteiger partial charge in [-0.15, -0.1) is 0 Å². The van der Waals surface area contributed by atoms with Gasteiger partial charge in [0.15, 0.2) is 11.5 Å². The summed E-state index contributed by atoms with van der Waals surface area (Å²) in [6.45, 7) is 1.88. The number of esters is 1. The SMILES string of the molecule is CCOC(=O)C(C#N)=Cc1cc(OC)c(OC2CCCC2)cc1Cl. The van der Waals surface area contributed by atoms with Crippen LogP contribution in [-0.4, -0.2) is 25.8 Å². The van der Waals surface area contributed by atoms with Gasteiger partial charge in [-0.1, -0.05) is 11.6 Å². The van der Waals surface area contributed by atoms with Crippen LogP contribution >= 0.6 is 11.6 Å². The predicted octanol–water partition coefficient (Wildman–Crippen LogP) is 4.14. The highest BCUT2D eigenvalue weighted by Crippen LogP contribution is 2.36. The third-order valence-corrected chi connectivity index (χ3v) is 4.12. The monoisotopic (exact) mass is 349 g/mol. The first kappa shape index (κ1) is 18.2. The van der Waals surface area contributed by atoms with Gasteiger partial charge in [0.2, 0.25) is 0 Å². The molecule has 128 valence electrons. The highest BCUT2D eigenvalue weighted by atomic mass is 35.5. The Morgan fingerprint density at radius 3 is 2.67 bits per heavy atom. The average molecular weight is 350 g/mol. The van der Waals surface area contributed by atoms with E-state index in [0.29, 0.717) is 22.1 Å². The molecule has 24 heavy (non-hydrogen) atoms. The Bertz CT molecular complexity index is 672. The van der Waals surface area contributed by atoms with Gasteiger partial charge in [-0.2, -0.15) is 5.26 Å². The summed E-state index contributed by atoms with van der Waals surface area (Å²) in [7, 11) is 1.54. The molecule has 1 aromatic rings. The first-order chi connectivity index (χ1) is 11.6. The molecule has 1 aliphatic rings. The molecule has 0 atom stereocenters. The van der Waals surface area contributed by atoms with Crippen molar-refractivity contribution in [2.24, 2.45) is 0 Å². The number of rotatable bonds is 6. The molecule has 0 amide bonds. The van der Waals surface area contributed by atoms with Crippen molar-refractivity contribution in [3.63, 3.8) is 0 Å². The summed E-state index contributed by atoms with van der Waals surface area (Å²) in [4.78, 5) is 11.7. The molecule has 0 aliphatic heterocycles. The van der Waals surface area contributed by atoms with E-state index in [4.69, 9.17) is 31.1 Å². The molecular formula is C18H20ClNO4. The number of hydrogen-bond donors (Lipinski definition) is 0. The first-order valence-corrected chi connectivity index (χ1v) is 8.30. The van der Waals surface area contributed by atoms with Crippen molar-refractivity contribution in [3.8, 4) is 17.6 Å². The van der Waals surface area contributed by atoms with E-state index < -0.39 is 5.97 Å². The second kappa shape index (κ2) is 8.60. The molecule has 0 N–H and O–H groups in total. The van der Waals surface area contributed by atoms with Crippen molar-refractivity contribution in [3.05, 3.63) is 28.3 Å². The van der Waals surface area contributed by atoms with E-state index in [1.54, 1.807) is 19.1 Å². The quantitative estimate of drug-likeness (QED) is 0.438. The lowest BCUT2D eigenvalue weighted by atomic mass is 10.1. The standard InChI is InChI=1S/C18H20ClNO4/c1-3-23-18(21)13(11-20)8-12-9-16(22-2)17(10-15(12)19)24-14-6-4-5-7-14/h8-10,14H,3-7H2,1-2H3. The van der Waals surface area contributed by atoms with Crippen LogP contribution in [0.25, 0.3) is 6.08 Å². The van der Waals surface area contributed by atoms with Crippen LogP contribution in [-0.2, 0) is 9.53 Å². The van der Waals surface area contributed by atoms with Crippen molar-refractivity contribution in [1.29, 1.82) is 5.26 Å². The molecule has 5 nitrogen and oxygen atoms in total. The topological polar surface area (TPSA) is 68.6 Å². The van der Waals surface area contributed by atoms with Crippen molar-refractivity contribution in [2.75, 3.05) is 13.7 Å². The average Bonchev–Trinajstić information content (AvgIpc) is 3.07. The van der Waals surface area contributed by atoms with E-state index in [1.165, 1.54) is 13.2 Å². The second-order valence-corrected chi connectivity index (χ2v) is 5.85. The van der Waals surface area contributed by atoms with Crippen LogP contribution < -0.4 is 9.47 Å². The third-order valence-electron chi connectivity index (χ3n) is 3.79. The summed E-state index contributed by atoms with van der Waals surface area (Å²) < 4.78 is 16.2. The minimum Gasteiger partial charge on any atom is -0.493 e. The summed E-state index contributed by atoms with van der Waals surface area (Å²) >= 11 is 6.28. The zero-order chi connectivity index (χ0) is 17.5. The molecule has 1 aliphatic carbocycles. The molecule has 1 aromatic carbocycles. The number of nitrogens with zero attached hydrogens (tertiary/aromatic N) is 1. The number of ether oxygens (including phenoxy) is 3. The lowest BCUT2D eigenvalue weighted by Gasteiger charge is -2.17. The van der Waals surface area contributed by atoms with E-state index in [1.807, 2.05) is 6.07 Å². The van der Waals surface area contributed by atoms with Crippen LogP contribution in [0.2, 0.25) is 5.02 Å². The van der Waals surface area contributed by atoms with E-state index in [0.717, 1.165) is 25.7 Å². The molecule has 1 saturated carbocycles. The minimum atomic E-state index is -0.679. The number of benzene rings is 1. The van der Waals surface area contributed by atoms with Crippen LogP contribution in [0.4, 0.5) is 0 Å². The highest BCUT2D eigenvalue weighted by molar-refractivity contribution is 6.32. The van der Waals surface area contributed by atoms with Gasteiger partial charge in [-0.05, 0) is 50.3 Å². The Morgan fingerprint density at radius 2 is 2.08 bits per heavy atom. The zero-order valence-electron chi connectivity index (χ0n) is 13.8. The van der Waals surface area contributed by atoms with Gasteiger partial charge >= 0.3 is 5.97 Å². The number of carbonyl (C=O) groups excluding carboxylic acids is 1. The minimum absolute atomic E-state index is 0.120. The van der Waals surface area contributed by atoms with Gasteiger partial charge < -0.3 is 14.2 Å². The van der Waals surface area contributed by atoms with E-state index in [9.17, 15) is 4.79 Å². The molecule has 0 heterocycles. The highest BCUT2D eigenvalue weighted by Gasteiger charge is 2.20. The molecule has 6 heteroatoms. The number of halogens is 1. The van der Waals surface area contributed by atoms with Gasteiger partial charge in [-0.25, -0.2) is 4.79 Å². The Morgan fingerprint density at radius 1 is 1.38 bits per heavy atom. The first-order valence-electron chi connectivity index (χ1n) is 7.92. The Hall–Kier alpha value is -2.19. The summed E-state index contributed by atoms with van der Waals surface area (Å²) in [5.41, 5.74) is 0.377. The van der Waals surface area contributed by atoms with Gasteiger partial charge in [0.1, 0.15) is 11.6 Å². The van der Waals surface area contributed by atoms with E-state index in [2.05, 4.69) is 0 Å². The molecule has 0 spiro atoms. The fraction of sp³-hybridized carbons (Fsp3) is 0.444.